The topological polar surface area (TPSA) is 41.1 Å². The van der Waals surface area contributed by atoms with Gasteiger partial charge in [0, 0.05) is 5.54 Å². The molecule has 0 aromatic carbocycles. The molecule has 0 radical (unpaired) electrons. The molecule has 2 aliphatic carbocycles. The lowest BCUT2D eigenvalue weighted by molar-refractivity contribution is -0.123. The first kappa shape index (κ1) is 8.72. The van der Waals surface area contributed by atoms with Gasteiger partial charge < -0.3 is 10.6 Å². The molecule has 3 fully saturated rings. The van der Waals surface area contributed by atoms with Crippen molar-refractivity contribution in [3.8, 4) is 0 Å². The zero-order chi connectivity index (χ0) is 9.60. The largest absolute Gasteiger partial charge is 0.349 e. The fourth-order valence-electron chi connectivity index (χ4n) is 2.65. The van der Waals surface area contributed by atoms with Gasteiger partial charge in [-0.25, -0.2) is 0 Å². The Morgan fingerprint density at radius 1 is 1.29 bits per heavy atom. The Hall–Kier alpha value is -0.570. The average molecular weight is 194 g/mol. The van der Waals surface area contributed by atoms with Gasteiger partial charge in [-0.2, -0.15) is 0 Å². The second-order valence-corrected chi connectivity index (χ2v) is 5.07. The summed E-state index contributed by atoms with van der Waals surface area (Å²) in [5.41, 5.74) is 0.251. The Morgan fingerprint density at radius 2 is 2.07 bits per heavy atom. The Balaban J connectivity index is 1.58. The van der Waals surface area contributed by atoms with Gasteiger partial charge in [-0.3, -0.25) is 4.79 Å². The number of nitrogens with one attached hydrogen (secondary N) is 2. The lowest BCUT2D eigenvalue weighted by Gasteiger charge is -2.19. The maximum Gasteiger partial charge on any atom is 0.237 e. The molecule has 1 aliphatic heterocycles. The van der Waals surface area contributed by atoms with E-state index in [0.29, 0.717) is 0 Å². The first-order valence-corrected chi connectivity index (χ1v) is 5.86. The summed E-state index contributed by atoms with van der Waals surface area (Å²) in [6, 6.07) is 0.103. The van der Waals surface area contributed by atoms with Gasteiger partial charge in [0.05, 0.1) is 6.04 Å². The first-order chi connectivity index (χ1) is 6.80. The fraction of sp³-hybridized carbons (Fsp3) is 0.909. The third-order valence-electron chi connectivity index (χ3n) is 3.90. The van der Waals surface area contributed by atoms with Crippen molar-refractivity contribution in [3.05, 3.63) is 0 Å². The van der Waals surface area contributed by atoms with E-state index in [1.807, 2.05) is 0 Å². The van der Waals surface area contributed by atoms with Gasteiger partial charge >= 0.3 is 0 Å². The Kier molecular flexibility index (Phi) is 1.84. The molecule has 2 N–H and O–H groups in total. The van der Waals surface area contributed by atoms with E-state index in [2.05, 4.69) is 10.6 Å². The molecule has 3 aliphatic rings. The zero-order valence-corrected chi connectivity index (χ0v) is 8.51. The van der Waals surface area contributed by atoms with Crippen LogP contribution in [0.2, 0.25) is 0 Å². The summed E-state index contributed by atoms with van der Waals surface area (Å²) >= 11 is 0. The highest BCUT2D eigenvalue weighted by Crippen LogP contribution is 2.53. The van der Waals surface area contributed by atoms with E-state index in [1.54, 1.807) is 0 Å². The highest BCUT2D eigenvalue weighted by Gasteiger charge is 2.55. The molecule has 1 amide bonds. The quantitative estimate of drug-likeness (QED) is 0.697. The number of carbonyl (C=O) groups is 1. The molecule has 0 bridgehead atoms. The zero-order valence-electron chi connectivity index (χ0n) is 8.51. The van der Waals surface area contributed by atoms with E-state index in [9.17, 15) is 4.79 Å². The van der Waals surface area contributed by atoms with Crippen LogP contribution in [0.25, 0.3) is 0 Å². The molecular weight excluding hydrogens is 176 g/mol. The normalized spacial score (nSPS) is 34.1. The molecule has 0 aromatic rings. The molecule has 3 rings (SSSR count). The Bertz CT molecular complexity index is 250. The Labute approximate surface area is 84.6 Å². The molecule has 14 heavy (non-hydrogen) atoms. The summed E-state index contributed by atoms with van der Waals surface area (Å²) in [5, 5.41) is 6.52. The molecule has 2 saturated carbocycles. The predicted molar refractivity (Wildman–Crippen MR) is 53.9 cm³/mol. The van der Waals surface area contributed by atoms with Crippen molar-refractivity contribution in [2.75, 3.05) is 6.54 Å². The summed E-state index contributed by atoms with van der Waals surface area (Å²) in [6.45, 7) is 1.01. The van der Waals surface area contributed by atoms with Crippen molar-refractivity contribution >= 4 is 5.91 Å². The van der Waals surface area contributed by atoms with Gasteiger partial charge in [0.25, 0.3) is 0 Å². The van der Waals surface area contributed by atoms with E-state index in [-0.39, 0.29) is 17.5 Å². The van der Waals surface area contributed by atoms with Crippen LogP contribution >= 0.6 is 0 Å². The van der Waals surface area contributed by atoms with Crippen LogP contribution in [0.1, 0.15) is 38.5 Å². The van der Waals surface area contributed by atoms with Gasteiger partial charge in [0.1, 0.15) is 0 Å². The maximum atomic E-state index is 11.9. The van der Waals surface area contributed by atoms with Crippen molar-refractivity contribution in [3.63, 3.8) is 0 Å². The smallest absolute Gasteiger partial charge is 0.237 e. The summed E-state index contributed by atoms with van der Waals surface area (Å²) in [6.07, 6.45) is 7.27. The van der Waals surface area contributed by atoms with Gasteiger partial charge in [-0.05, 0) is 51.0 Å². The van der Waals surface area contributed by atoms with Crippen LogP contribution in [0, 0.1) is 5.92 Å². The molecule has 3 nitrogen and oxygen atoms in total. The molecule has 78 valence electrons. The van der Waals surface area contributed by atoms with Crippen LogP contribution in [-0.4, -0.2) is 24.0 Å². The summed E-state index contributed by atoms with van der Waals surface area (Å²) < 4.78 is 0. The SMILES string of the molecule is O=C(NC1(C2CC2)CC1)[C@@H]1CCCN1. The van der Waals surface area contributed by atoms with Crippen LogP contribution in [0.3, 0.4) is 0 Å². The molecule has 1 atom stereocenters. The summed E-state index contributed by atoms with van der Waals surface area (Å²) in [5.74, 6) is 1.07. The first-order valence-electron chi connectivity index (χ1n) is 5.86. The minimum atomic E-state index is 0.103. The molecule has 1 heterocycles. The third kappa shape index (κ3) is 1.44. The summed E-state index contributed by atoms with van der Waals surface area (Å²) in [4.78, 5) is 11.9. The molecule has 0 unspecified atom stereocenters. The fourth-order valence-corrected chi connectivity index (χ4v) is 2.65. The van der Waals surface area contributed by atoms with E-state index in [0.717, 1.165) is 25.3 Å². The van der Waals surface area contributed by atoms with Crippen LogP contribution in [0.15, 0.2) is 0 Å². The van der Waals surface area contributed by atoms with Crippen LogP contribution in [0.5, 0.6) is 0 Å². The van der Waals surface area contributed by atoms with Gasteiger partial charge in [0.15, 0.2) is 0 Å². The molecule has 0 spiro atoms. The molecule has 0 aromatic heterocycles. The standard InChI is InChI=1S/C11H18N2O/c14-10(9-2-1-7-12-9)13-11(5-6-11)8-3-4-8/h8-9,12H,1-7H2,(H,13,14)/t9-/m0/s1. The monoisotopic (exact) mass is 194 g/mol. The van der Waals surface area contributed by atoms with Crippen molar-refractivity contribution in [1.29, 1.82) is 0 Å². The number of hydrogen-bond acceptors (Lipinski definition) is 2. The van der Waals surface area contributed by atoms with E-state index in [1.165, 1.54) is 25.7 Å². The number of amides is 1. The van der Waals surface area contributed by atoms with Gasteiger partial charge in [0.2, 0.25) is 5.91 Å². The number of hydrogen-bond donors (Lipinski definition) is 2. The second kappa shape index (κ2) is 2.96. The van der Waals surface area contributed by atoms with Crippen molar-refractivity contribution in [1.82, 2.24) is 10.6 Å². The Morgan fingerprint density at radius 3 is 2.57 bits per heavy atom. The third-order valence-corrected chi connectivity index (χ3v) is 3.90. The number of rotatable bonds is 3. The molecule has 3 heteroatoms. The maximum absolute atomic E-state index is 11.9. The molecular formula is C11H18N2O. The highest BCUT2D eigenvalue weighted by molar-refractivity contribution is 5.83. The van der Waals surface area contributed by atoms with Crippen molar-refractivity contribution < 1.29 is 4.79 Å². The minimum Gasteiger partial charge on any atom is -0.349 e. The lowest BCUT2D eigenvalue weighted by atomic mass is 10.1. The minimum absolute atomic E-state index is 0.103. The van der Waals surface area contributed by atoms with Crippen LogP contribution in [-0.2, 0) is 4.79 Å². The van der Waals surface area contributed by atoms with Crippen LogP contribution < -0.4 is 10.6 Å². The van der Waals surface area contributed by atoms with E-state index in [4.69, 9.17) is 0 Å². The summed E-state index contributed by atoms with van der Waals surface area (Å²) in [7, 11) is 0. The second-order valence-electron chi connectivity index (χ2n) is 5.07. The molecule has 1 saturated heterocycles. The van der Waals surface area contributed by atoms with E-state index >= 15 is 0 Å². The predicted octanol–water partition coefficient (Wildman–Crippen LogP) is 0.797. The average Bonchev–Trinajstić information content (AvgIpc) is 3.07. The van der Waals surface area contributed by atoms with Gasteiger partial charge in [-0.15, -0.1) is 0 Å². The lowest BCUT2D eigenvalue weighted by Crippen LogP contribution is -2.47. The van der Waals surface area contributed by atoms with Crippen LogP contribution in [0.4, 0.5) is 0 Å². The van der Waals surface area contributed by atoms with Crippen molar-refractivity contribution in [2.45, 2.75) is 50.1 Å². The number of carbonyl (C=O) groups excluding carboxylic acids is 1. The van der Waals surface area contributed by atoms with Gasteiger partial charge in [-0.1, -0.05) is 0 Å². The van der Waals surface area contributed by atoms with Crippen molar-refractivity contribution in [2.24, 2.45) is 5.92 Å². The van der Waals surface area contributed by atoms with E-state index < -0.39 is 0 Å². The highest BCUT2D eigenvalue weighted by atomic mass is 16.2.